The molecule has 0 aliphatic heterocycles. The largest absolute Gasteiger partial charge is 0.497 e. The van der Waals surface area contributed by atoms with Crippen LogP contribution in [0.3, 0.4) is 0 Å². The Morgan fingerprint density at radius 3 is 2.38 bits per heavy atom. The number of aryl methyl sites for hydroxylation is 1. The molecule has 0 unspecified atom stereocenters. The quantitative estimate of drug-likeness (QED) is 0.703. The van der Waals surface area contributed by atoms with Crippen LogP contribution in [0.2, 0.25) is 0 Å². The summed E-state index contributed by atoms with van der Waals surface area (Å²) in [5.41, 5.74) is 3.20. The third kappa shape index (κ3) is 4.16. The van der Waals surface area contributed by atoms with Crippen LogP contribution in [0.1, 0.15) is 22.8 Å². The third-order valence-corrected chi connectivity index (χ3v) is 3.91. The summed E-state index contributed by atoms with van der Waals surface area (Å²) in [4.78, 5) is 20.8. The summed E-state index contributed by atoms with van der Waals surface area (Å²) < 4.78 is 5.10. The summed E-state index contributed by atoms with van der Waals surface area (Å²) in [5, 5.41) is 5.99. The Labute approximate surface area is 152 Å². The van der Waals surface area contributed by atoms with Crippen LogP contribution in [0.4, 0.5) is 17.3 Å². The highest BCUT2D eigenvalue weighted by molar-refractivity contribution is 6.03. The molecule has 0 spiro atoms. The summed E-state index contributed by atoms with van der Waals surface area (Å²) >= 11 is 0. The van der Waals surface area contributed by atoms with E-state index in [1.54, 1.807) is 31.4 Å². The van der Waals surface area contributed by atoms with Crippen LogP contribution < -0.4 is 15.4 Å². The molecule has 26 heavy (non-hydrogen) atoms. The molecule has 132 valence electrons. The normalized spacial score (nSPS) is 10.2. The highest BCUT2D eigenvalue weighted by Crippen LogP contribution is 2.19. The molecular weight excluding hydrogens is 328 g/mol. The smallest absolute Gasteiger partial charge is 0.258 e. The average molecular weight is 348 g/mol. The Bertz CT molecular complexity index is 877. The van der Waals surface area contributed by atoms with Crippen LogP contribution in [0.25, 0.3) is 0 Å². The van der Waals surface area contributed by atoms with Gasteiger partial charge in [-0.3, -0.25) is 4.79 Å². The van der Waals surface area contributed by atoms with Gasteiger partial charge in [0, 0.05) is 23.8 Å². The minimum Gasteiger partial charge on any atom is -0.497 e. The predicted molar refractivity (Wildman–Crippen MR) is 102 cm³/mol. The number of amides is 1. The Balaban J connectivity index is 1.67. The number of rotatable bonds is 6. The topological polar surface area (TPSA) is 76.1 Å². The number of carbonyl (C=O) groups excluding carboxylic acids is 1. The molecule has 0 aliphatic carbocycles. The van der Waals surface area contributed by atoms with Crippen molar-refractivity contribution >= 4 is 23.2 Å². The van der Waals surface area contributed by atoms with Crippen molar-refractivity contribution in [1.29, 1.82) is 0 Å². The molecule has 0 saturated carbocycles. The van der Waals surface area contributed by atoms with Gasteiger partial charge in [0.2, 0.25) is 5.95 Å². The fraction of sp³-hybridized carbons (Fsp3) is 0.150. The lowest BCUT2D eigenvalue weighted by Gasteiger charge is -2.10. The van der Waals surface area contributed by atoms with Gasteiger partial charge in [-0.15, -0.1) is 0 Å². The molecule has 0 atom stereocenters. The number of anilines is 3. The zero-order chi connectivity index (χ0) is 18.4. The van der Waals surface area contributed by atoms with Crippen LogP contribution in [0.15, 0.2) is 60.9 Å². The lowest BCUT2D eigenvalue weighted by Crippen LogP contribution is -2.13. The van der Waals surface area contributed by atoms with Crippen molar-refractivity contribution in [3.8, 4) is 5.75 Å². The summed E-state index contributed by atoms with van der Waals surface area (Å²) in [6.07, 6.45) is 3.91. The molecule has 6 heteroatoms. The molecule has 0 aliphatic rings. The van der Waals surface area contributed by atoms with Crippen molar-refractivity contribution < 1.29 is 9.53 Å². The number of benzene rings is 2. The number of nitrogens with zero attached hydrogens (tertiary/aromatic N) is 2. The van der Waals surface area contributed by atoms with Gasteiger partial charge in [0.25, 0.3) is 5.91 Å². The van der Waals surface area contributed by atoms with Gasteiger partial charge < -0.3 is 15.4 Å². The van der Waals surface area contributed by atoms with E-state index in [1.807, 2.05) is 18.2 Å². The van der Waals surface area contributed by atoms with Crippen molar-refractivity contribution in [3.05, 3.63) is 72.1 Å². The van der Waals surface area contributed by atoms with Crippen molar-refractivity contribution in [2.75, 3.05) is 17.7 Å². The minimum absolute atomic E-state index is 0.268. The van der Waals surface area contributed by atoms with E-state index in [-0.39, 0.29) is 5.91 Å². The molecule has 3 aromatic rings. The monoisotopic (exact) mass is 348 g/mol. The maximum Gasteiger partial charge on any atom is 0.258 e. The van der Waals surface area contributed by atoms with E-state index in [2.05, 4.69) is 33.6 Å². The molecule has 6 nitrogen and oxygen atoms in total. The van der Waals surface area contributed by atoms with Crippen LogP contribution in [-0.4, -0.2) is 23.0 Å². The lowest BCUT2D eigenvalue weighted by molar-refractivity contribution is 0.102. The van der Waals surface area contributed by atoms with Crippen molar-refractivity contribution in [3.63, 3.8) is 0 Å². The average Bonchev–Trinajstić information content (AvgIpc) is 2.69. The van der Waals surface area contributed by atoms with Crippen LogP contribution in [0.5, 0.6) is 5.75 Å². The summed E-state index contributed by atoms with van der Waals surface area (Å²) in [7, 11) is 1.60. The molecule has 0 saturated heterocycles. The van der Waals surface area contributed by atoms with Crippen molar-refractivity contribution in [2.24, 2.45) is 0 Å². The molecule has 2 N–H and O–H groups in total. The number of carbonyl (C=O) groups is 1. The van der Waals surface area contributed by atoms with Gasteiger partial charge in [-0.05, 0) is 42.3 Å². The molecular formula is C20H20N4O2. The van der Waals surface area contributed by atoms with Gasteiger partial charge in [-0.2, -0.15) is 0 Å². The maximum absolute atomic E-state index is 12.3. The van der Waals surface area contributed by atoms with Gasteiger partial charge in [-0.25, -0.2) is 9.97 Å². The van der Waals surface area contributed by atoms with E-state index in [4.69, 9.17) is 4.74 Å². The highest BCUT2D eigenvalue weighted by Gasteiger charge is 2.09. The van der Waals surface area contributed by atoms with Gasteiger partial charge in [0.1, 0.15) is 5.75 Å². The second-order valence-corrected chi connectivity index (χ2v) is 5.61. The van der Waals surface area contributed by atoms with E-state index >= 15 is 0 Å². The van der Waals surface area contributed by atoms with Crippen molar-refractivity contribution in [2.45, 2.75) is 13.3 Å². The number of hydrogen-bond donors (Lipinski definition) is 2. The Kier molecular flexibility index (Phi) is 5.43. The first kappa shape index (κ1) is 17.4. The molecule has 1 amide bonds. The predicted octanol–water partition coefficient (Wildman–Crippen LogP) is 4.04. The van der Waals surface area contributed by atoms with Gasteiger partial charge >= 0.3 is 0 Å². The van der Waals surface area contributed by atoms with Crippen LogP contribution >= 0.6 is 0 Å². The SMILES string of the molecule is CCc1ccccc1Nc1ncc(C(=O)Nc2ccc(OC)cc2)cn1. The first-order valence-electron chi connectivity index (χ1n) is 8.32. The zero-order valence-corrected chi connectivity index (χ0v) is 14.7. The Morgan fingerprint density at radius 1 is 1.04 bits per heavy atom. The molecule has 1 heterocycles. The maximum atomic E-state index is 12.3. The number of hydrogen-bond acceptors (Lipinski definition) is 5. The number of aromatic nitrogens is 2. The van der Waals surface area contributed by atoms with E-state index in [0.29, 0.717) is 17.2 Å². The van der Waals surface area contributed by atoms with E-state index in [0.717, 1.165) is 17.9 Å². The standard InChI is InChI=1S/C20H20N4O2/c1-3-14-6-4-5-7-18(14)24-20-21-12-15(13-22-20)19(25)23-16-8-10-17(26-2)11-9-16/h4-13H,3H2,1-2H3,(H,23,25)(H,21,22,24). The molecule has 0 bridgehead atoms. The van der Waals surface area contributed by atoms with Gasteiger partial charge in [0.15, 0.2) is 0 Å². The first-order chi connectivity index (χ1) is 12.7. The molecule has 3 rings (SSSR count). The fourth-order valence-electron chi connectivity index (χ4n) is 2.46. The van der Waals surface area contributed by atoms with Crippen LogP contribution in [0, 0.1) is 0 Å². The second-order valence-electron chi connectivity index (χ2n) is 5.61. The number of para-hydroxylation sites is 1. The fourth-order valence-corrected chi connectivity index (χ4v) is 2.46. The molecule has 2 aromatic carbocycles. The summed E-state index contributed by atoms with van der Waals surface area (Å²) in [6, 6.07) is 15.1. The minimum atomic E-state index is -0.268. The van der Waals surface area contributed by atoms with E-state index in [9.17, 15) is 4.79 Å². The number of nitrogens with one attached hydrogen (secondary N) is 2. The van der Waals surface area contributed by atoms with Crippen LogP contribution in [-0.2, 0) is 6.42 Å². The molecule has 0 fully saturated rings. The summed E-state index contributed by atoms with van der Waals surface area (Å²) in [6.45, 7) is 2.09. The van der Waals surface area contributed by atoms with E-state index in [1.165, 1.54) is 18.0 Å². The zero-order valence-electron chi connectivity index (χ0n) is 14.7. The third-order valence-electron chi connectivity index (χ3n) is 3.91. The second kappa shape index (κ2) is 8.11. The van der Waals surface area contributed by atoms with Crippen molar-refractivity contribution in [1.82, 2.24) is 9.97 Å². The number of ether oxygens (including phenoxy) is 1. The Hall–Kier alpha value is -3.41. The highest BCUT2D eigenvalue weighted by atomic mass is 16.5. The molecule has 0 radical (unpaired) electrons. The first-order valence-corrected chi connectivity index (χ1v) is 8.32. The number of methoxy groups -OCH3 is 1. The lowest BCUT2D eigenvalue weighted by atomic mass is 10.1. The summed E-state index contributed by atoms with van der Waals surface area (Å²) in [5.74, 6) is 0.914. The molecule has 1 aromatic heterocycles. The van der Waals surface area contributed by atoms with Gasteiger partial charge in [0.05, 0.1) is 12.7 Å². The Morgan fingerprint density at radius 2 is 1.73 bits per heavy atom. The van der Waals surface area contributed by atoms with E-state index < -0.39 is 0 Å². The van der Waals surface area contributed by atoms with Gasteiger partial charge in [-0.1, -0.05) is 25.1 Å².